The third-order valence-corrected chi connectivity index (χ3v) is 5.52. The summed E-state index contributed by atoms with van der Waals surface area (Å²) in [7, 11) is -3.46. The van der Waals surface area contributed by atoms with Gasteiger partial charge >= 0.3 is 0 Å². The van der Waals surface area contributed by atoms with E-state index in [1.807, 2.05) is 37.3 Å². The number of hydrogen-bond donors (Lipinski definition) is 2. The van der Waals surface area contributed by atoms with Crippen molar-refractivity contribution in [1.82, 2.24) is 5.32 Å². The lowest BCUT2D eigenvalue weighted by molar-refractivity contribution is 0.0939. The van der Waals surface area contributed by atoms with Gasteiger partial charge in [0.2, 0.25) is 10.0 Å². The molecule has 186 valence electrons. The summed E-state index contributed by atoms with van der Waals surface area (Å²) in [5, 5.41) is 2.91. The van der Waals surface area contributed by atoms with Crippen molar-refractivity contribution in [1.29, 1.82) is 0 Å². The molecular weight excluding hydrogens is 468 g/mol. The second-order valence-electron chi connectivity index (χ2n) is 7.76. The quantitative estimate of drug-likeness (QED) is 0.359. The predicted octanol–water partition coefficient (Wildman–Crippen LogP) is 4.41. The Morgan fingerprint density at radius 2 is 1.57 bits per heavy atom. The second kappa shape index (κ2) is 12.1. The zero-order valence-electron chi connectivity index (χ0n) is 20.0. The van der Waals surface area contributed by atoms with E-state index >= 15 is 0 Å². The number of nitrogens with one attached hydrogen (secondary N) is 2. The normalized spacial score (nSPS) is 11.9. The summed E-state index contributed by atoms with van der Waals surface area (Å²) in [5.74, 6) is 1.39. The molecule has 1 amide bonds. The molecule has 0 aliphatic heterocycles. The number of sulfonamides is 1. The van der Waals surface area contributed by atoms with Gasteiger partial charge < -0.3 is 19.5 Å². The van der Waals surface area contributed by atoms with Crippen LogP contribution in [0.2, 0.25) is 0 Å². The largest absolute Gasteiger partial charge is 0.490 e. The Kier molecular flexibility index (Phi) is 8.97. The molecule has 3 aromatic carbocycles. The maximum absolute atomic E-state index is 12.9. The number of benzene rings is 3. The minimum atomic E-state index is -3.46. The fourth-order valence-corrected chi connectivity index (χ4v) is 3.98. The van der Waals surface area contributed by atoms with Crippen LogP contribution in [0.1, 0.15) is 35.8 Å². The van der Waals surface area contributed by atoms with Crippen LogP contribution in [0.5, 0.6) is 17.2 Å². The summed E-state index contributed by atoms with van der Waals surface area (Å²) >= 11 is 0. The van der Waals surface area contributed by atoms with E-state index in [0.29, 0.717) is 48.1 Å². The van der Waals surface area contributed by atoms with Crippen LogP contribution in [0.25, 0.3) is 0 Å². The van der Waals surface area contributed by atoms with Gasteiger partial charge in [0, 0.05) is 5.56 Å². The maximum Gasteiger partial charge on any atom is 0.251 e. The Bertz CT molecular complexity index is 1230. The van der Waals surface area contributed by atoms with Crippen molar-refractivity contribution in [3.8, 4) is 17.2 Å². The van der Waals surface area contributed by atoms with Crippen molar-refractivity contribution < 1.29 is 27.4 Å². The predicted molar refractivity (Wildman–Crippen MR) is 136 cm³/mol. The number of carbonyl (C=O) groups is 1. The van der Waals surface area contributed by atoms with Crippen LogP contribution in [0.15, 0.2) is 72.8 Å². The first kappa shape index (κ1) is 25.9. The van der Waals surface area contributed by atoms with Gasteiger partial charge in [0.15, 0.2) is 11.5 Å². The monoisotopic (exact) mass is 498 g/mol. The van der Waals surface area contributed by atoms with Gasteiger partial charge in [-0.05, 0) is 55.8 Å². The van der Waals surface area contributed by atoms with E-state index in [9.17, 15) is 13.2 Å². The van der Waals surface area contributed by atoms with Gasteiger partial charge in [-0.15, -0.1) is 0 Å². The van der Waals surface area contributed by atoms with E-state index in [2.05, 4.69) is 10.0 Å². The smallest absolute Gasteiger partial charge is 0.251 e. The molecule has 0 fully saturated rings. The standard InChI is InChI=1S/C26H30N2O6S/c1-4-32-25-18-20(14-15-24(25)34-17-16-33-21-10-6-5-7-11-21)26(29)27-19(2)22-12-8-9-13-23(22)28-35(3,30)31/h5-15,18-19,28H,4,16-17H2,1-3H3,(H,27,29). The van der Waals surface area contributed by atoms with Gasteiger partial charge in [-0.25, -0.2) is 8.42 Å². The molecule has 3 aromatic rings. The van der Waals surface area contributed by atoms with Gasteiger partial charge in [-0.3, -0.25) is 9.52 Å². The Labute approximate surface area is 206 Å². The molecule has 0 aliphatic carbocycles. The molecule has 0 saturated carbocycles. The molecule has 0 bridgehead atoms. The molecule has 8 nitrogen and oxygen atoms in total. The number of carbonyl (C=O) groups excluding carboxylic acids is 1. The third kappa shape index (κ3) is 7.92. The molecule has 0 heterocycles. The van der Waals surface area contributed by atoms with Gasteiger partial charge in [-0.1, -0.05) is 36.4 Å². The molecule has 0 aromatic heterocycles. The SMILES string of the molecule is CCOc1cc(C(=O)NC(C)c2ccccc2NS(C)(=O)=O)ccc1OCCOc1ccccc1. The molecule has 9 heteroatoms. The van der Waals surface area contributed by atoms with Crippen molar-refractivity contribution in [2.45, 2.75) is 19.9 Å². The minimum Gasteiger partial charge on any atom is -0.490 e. The molecule has 1 atom stereocenters. The van der Waals surface area contributed by atoms with Gasteiger partial charge in [0.1, 0.15) is 19.0 Å². The summed E-state index contributed by atoms with van der Waals surface area (Å²) in [6.07, 6.45) is 1.08. The maximum atomic E-state index is 12.9. The zero-order chi connectivity index (χ0) is 25.3. The van der Waals surface area contributed by atoms with Gasteiger partial charge in [0.25, 0.3) is 5.91 Å². The van der Waals surface area contributed by atoms with Crippen molar-refractivity contribution in [2.75, 3.05) is 30.8 Å². The summed E-state index contributed by atoms with van der Waals surface area (Å²) in [6.45, 7) is 4.71. The zero-order valence-corrected chi connectivity index (χ0v) is 20.8. The number of hydrogen-bond acceptors (Lipinski definition) is 6. The molecular formula is C26H30N2O6S. The number of para-hydroxylation sites is 2. The van der Waals surface area contributed by atoms with Crippen LogP contribution in [0.3, 0.4) is 0 Å². The highest BCUT2D eigenvalue weighted by molar-refractivity contribution is 7.92. The lowest BCUT2D eigenvalue weighted by Crippen LogP contribution is -2.27. The van der Waals surface area contributed by atoms with E-state index < -0.39 is 16.1 Å². The van der Waals surface area contributed by atoms with Crippen molar-refractivity contribution in [2.24, 2.45) is 0 Å². The lowest BCUT2D eigenvalue weighted by atomic mass is 10.1. The highest BCUT2D eigenvalue weighted by atomic mass is 32.2. The van der Waals surface area contributed by atoms with Gasteiger partial charge in [0.05, 0.1) is 24.6 Å². The van der Waals surface area contributed by atoms with Crippen molar-refractivity contribution >= 4 is 21.6 Å². The highest BCUT2D eigenvalue weighted by Crippen LogP contribution is 2.29. The Balaban J connectivity index is 1.66. The molecule has 0 spiro atoms. The molecule has 0 aliphatic rings. The fourth-order valence-electron chi connectivity index (χ4n) is 3.39. The van der Waals surface area contributed by atoms with Crippen LogP contribution in [-0.2, 0) is 10.0 Å². The number of ether oxygens (including phenoxy) is 3. The summed E-state index contributed by atoms with van der Waals surface area (Å²) in [6, 6.07) is 20.9. The molecule has 1 unspecified atom stereocenters. The molecule has 0 radical (unpaired) electrons. The van der Waals surface area contributed by atoms with Crippen molar-refractivity contribution in [3.05, 3.63) is 83.9 Å². The van der Waals surface area contributed by atoms with Crippen LogP contribution in [0, 0.1) is 0 Å². The van der Waals surface area contributed by atoms with E-state index in [4.69, 9.17) is 14.2 Å². The topological polar surface area (TPSA) is 103 Å². The fraction of sp³-hybridized carbons (Fsp3) is 0.269. The van der Waals surface area contributed by atoms with E-state index in [0.717, 1.165) is 12.0 Å². The first-order valence-corrected chi connectivity index (χ1v) is 13.1. The number of anilines is 1. The van der Waals surface area contributed by atoms with Crippen molar-refractivity contribution in [3.63, 3.8) is 0 Å². The molecule has 35 heavy (non-hydrogen) atoms. The van der Waals surface area contributed by atoms with Gasteiger partial charge in [-0.2, -0.15) is 0 Å². The first-order chi connectivity index (χ1) is 16.8. The molecule has 3 rings (SSSR count). The van der Waals surface area contributed by atoms with Crippen LogP contribution >= 0.6 is 0 Å². The third-order valence-electron chi connectivity index (χ3n) is 4.93. The lowest BCUT2D eigenvalue weighted by Gasteiger charge is -2.19. The van der Waals surface area contributed by atoms with Crippen LogP contribution < -0.4 is 24.2 Å². The Hall–Kier alpha value is -3.72. The average Bonchev–Trinajstić information content (AvgIpc) is 2.82. The number of rotatable bonds is 12. The van der Waals surface area contributed by atoms with E-state index in [-0.39, 0.29) is 5.91 Å². The highest BCUT2D eigenvalue weighted by Gasteiger charge is 2.18. The summed E-state index contributed by atoms with van der Waals surface area (Å²) in [4.78, 5) is 12.9. The van der Waals surface area contributed by atoms with Crippen LogP contribution in [-0.4, -0.2) is 40.4 Å². The average molecular weight is 499 g/mol. The summed E-state index contributed by atoms with van der Waals surface area (Å²) in [5.41, 5.74) is 1.45. The van der Waals surface area contributed by atoms with Crippen LogP contribution in [0.4, 0.5) is 5.69 Å². The van der Waals surface area contributed by atoms with E-state index in [1.54, 1.807) is 49.4 Å². The number of amides is 1. The second-order valence-corrected chi connectivity index (χ2v) is 9.51. The molecule has 0 saturated heterocycles. The summed E-state index contributed by atoms with van der Waals surface area (Å²) < 4.78 is 43.0. The molecule has 2 N–H and O–H groups in total. The Morgan fingerprint density at radius 1 is 0.886 bits per heavy atom. The van der Waals surface area contributed by atoms with E-state index in [1.165, 1.54) is 0 Å². The minimum absolute atomic E-state index is 0.307. The first-order valence-electron chi connectivity index (χ1n) is 11.2. The Morgan fingerprint density at radius 3 is 2.29 bits per heavy atom.